The molecule has 1 aliphatic heterocycles. The minimum Gasteiger partial charge on any atom is -0.368 e. The third-order valence-electron chi connectivity index (χ3n) is 2.82. The molecule has 0 aromatic carbocycles. The molecule has 4 nitrogen and oxygen atoms in total. The Kier molecular flexibility index (Phi) is 4.11. The lowest BCUT2D eigenvalue weighted by Gasteiger charge is -2.31. The Labute approximate surface area is 91.5 Å². The van der Waals surface area contributed by atoms with Gasteiger partial charge in [-0.25, -0.2) is 0 Å². The van der Waals surface area contributed by atoms with Crippen LogP contribution in [0.4, 0.5) is 0 Å². The van der Waals surface area contributed by atoms with Gasteiger partial charge in [-0.3, -0.25) is 4.79 Å². The minimum absolute atomic E-state index is 0.00852. The van der Waals surface area contributed by atoms with Crippen LogP contribution in [-0.2, 0) is 9.53 Å². The lowest BCUT2D eigenvalue weighted by Crippen LogP contribution is -2.51. The maximum Gasteiger partial charge on any atom is 0.249 e. The van der Waals surface area contributed by atoms with E-state index in [-0.39, 0.29) is 23.5 Å². The zero-order chi connectivity index (χ0) is 11.5. The van der Waals surface area contributed by atoms with Crippen molar-refractivity contribution in [1.82, 2.24) is 5.32 Å². The Morgan fingerprint density at radius 1 is 1.60 bits per heavy atom. The van der Waals surface area contributed by atoms with Gasteiger partial charge < -0.3 is 15.8 Å². The van der Waals surface area contributed by atoms with Gasteiger partial charge in [0.25, 0.3) is 0 Å². The molecule has 1 aliphatic rings. The topological polar surface area (TPSA) is 64.3 Å². The molecule has 1 heterocycles. The number of ether oxygens (including phenoxy) is 1. The van der Waals surface area contributed by atoms with Crippen LogP contribution in [0.25, 0.3) is 0 Å². The average molecular weight is 214 g/mol. The summed E-state index contributed by atoms with van der Waals surface area (Å²) in [7, 11) is 0. The fourth-order valence-corrected chi connectivity index (χ4v) is 1.68. The van der Waals surface area contributed by atoms with Crippen molar-refractivity contribution in [3.05, 3.63) is 0 Å². The molecule has 1 saturated heterocycles. The Bertz CT molecular complexity index is 217. The van der Waals surface area contributed by atoms with Gasteiger partial charge in [0.05, 0.1) is 0 Å². The van der Waals surface area contributed by atoms with Crippen molar-refractivity contribution in [2.45, 2.75) is 45.8 Å². The van der Waals surface area contributed by atoms with Gasteiger partial charge in [-0.05, 0) is 18.3 Å². The van der Waals surface area contributed by atoms with E-state index in [2.05, 4.69) is 26.1 Å². The summed E-state index contributed by atoms with van der Waals surface area (Å²) in [6.45, 7) is 7.36. The molecule has 0 saturated carbocycles. The summed E-state index contributed by atoms with van der Waals surface area (Å²) in [5.74, 6) is -0.0159. The fraction of sp³-hybridized carbons (Fsp3) is 0.909. The molecule has 1 fully saturated rings. The average Bonchev–Trinajstić information content (AvgIpc) is 2.64. The van der Waals surface area contributed by atoms with Crippen molar-refractivity contribution in [3.63, 3.8) is 0 Å². The summed E-state index contributed by atoms with van der Waals surface area (Å²) in [5, 5.41) is 2.96. The van der Waals surface area contributed by atoms with E-state index in [4.69, 9.17) is 10.5 Å². The summed E-state index contributed by atoms with van der Waals surface area (Å²) >= 11 is 0. The molecule has 0 bridgehead atoms. The van der Waals surface area contributed by atoms with E-state index in [1.165, 1.54) is 0 Å². The molecule has 0 aliphatic carbocycles. The van der Waals surface area contributed by atoms with Crippen molar-refractivity contribution < 1.29 is 9.53 Å². The second kappa shape index (κ2) is 4.94. The van der Waals surface area contributed by atoms with E-state index in [1.54, 1.807) is 0 Å². The molecule has 1 unspecified atom stereocenters. The molecule has 1 amide bonds. The Morgan fingerprint density at radius 2 is 2.27 bits per heavy atom. The van der Waals surface area contributed by atoms with Crippen LogP contribution >= 0.6 is 0 Å². The molecule has 4 heteroatoms. The molecule has 1 rings (SSSR count). The quantitative estimate of drug-likeness (QED) is 0.725. The number of nitrogens with one attached hydrogen (secondary N) is 1. The summed E-state index contributed by atoms with van der Waals surface area (Å²) in [4.78, 5) is 11.8. The van der Waals surface area contributed by atoms with Crippen LogP contribution in [0, 0.1) is 5.41 Å². The summed E-state index contributed by atoms with van der Waals surface area (Å²) in [6, 6.07) is 0.00852. The highest BCUT2D eigenvalue weighted by Crippen LogP contribution is 2.19. The summed E-state index contributed by atoms with van der Waals surface area (Å²) in [6.07, 6.45) is 1.54. The van der Waals surface area contributed by atoms with Crippen LogP contribution in [0.2, 0.25) is 0 Å². The molecule has 2 atom stereocenters. The molecular weight excluding hydrogens is 192 g/mol. The van der Waals surface area contributed by atoms with Crippen LogP contribution < -0.4 is 11.1 Å². The van der Waals surface area contributed by atoms with Gasteiger partial charge in [0.1, 0.15) is 6.10 Å². The highest BCUT2D eigenvalue weighted by Gasteiger charge is 2.29. The normalized spacial score (nSPS) is 23.9. The first-order chi connectivity index (χ1) is 6.95. The van der Waals surface area contributed by atoms with E-state index >= 15 is 0 Å². The molecule has 88 valence electrons. The van der Waals surface area contributed by atoms with Crippen LogP contribution in [0.15, 0.2) is 0 Å². The van der Waals surface area contributed by atoms with Gasteiger partial charge in [0.15, 0.2) is 0 Å². The van der Waals surface area contributed by atoms with Crippen molar-refractivity contribution in [1.29, 1.82) is 0 Å². The lowest BCUT2D eigenvalue weighted by molar-refractivity contribution is -0.131. The first-order valence-corrected chi connectivity index (χ1v) is 5.57. The first-order valence-electron chi connectivity index (χ1n) is 5.57. The number of rotatable bonds is 3. The number of amides is 1. The molecule has 0 radical (unpaired) electrons. The second-order valence-corrected chi connectivity index (χ2v) is 5.16. The van der Waals surface area contributed by atoms with E-state index < -0.39 is 0 Å². The molecular formula is C11H22N2O2. The molecule has 0 aromatic heterocycles. The van der Waals surface area contributed by atoms with E-state index in [0.29, 0.717) is 13.2 Å². The SMILES string of the molecule is CC(C)(C)C(CN)NC(=O)[C@@H]1CCCO1. The predicted molar refractivity (Wildman–Crippen MR) is 59.4 cm³/mol. The highest BCUT2D eigenvalue weighted by molar-refractivity contribution is 5.81. The Morgan fingerprint density at radius 3 is 2.67 bits per heavy atom. The van der Waals surface area contributed by atoms with Crippen LogP contribution in [0.5, 0.6) is 0 Å². The molecule has 0 spiro atoms. The van der Waals surface area contributed by atoms with Crippen LogP contribution in [0.3, 0.4) is 0 Å². The van der Waals surface area contributed by atoms with Crippen LogP contribution in [-0.4, -0.2) is 31.2 Å². The van der Waals surface area contributed by atoms with Gasteiger partial charge in [-0.15, -0.1) is 0 Å². The zero-order valence-electron chi connectivity index (χ0n) is 9.88. The van der Waals surface area contributed by atoms with Crippen LogP contribution in [0.1, 0.15) is 33.6 Å². The molecule has 15 heavy (non-hydrogen) atoms. The Hall–Kier alpha value is -0.610. The second-order valence-electron chi connectivity index (χ2n) is 5.16. The van der Waals surface area contributed by atoms with Gasteiger partial charge in [0.2, 0.25) is 5.91 Å². The monoisotopic (exact) mass is 214 g/mol. The third kappa shape index (κ3) is 3.47. The van der Waals surface area contributed by atoms with E-state index in [9.17, 15) is 4.79 Å². The van der Waals surface area contributed by atoms with Gasteiger partial charge in [-0.1, -0.05) is 20.8 Å². The smallest absolute Gasteiger partial charge is 0.249 e. The lowest BCUT2D eigenvalue weighted by atomic mass is 9.86. The highest BCUT2D eigenvalue weighted by atomic mass is 16.5. The van der Waals surface area contributed by atoms with Gasteiger partial charge in [0, 0.05) is 19.2 Å². The fourth-order valence-electron chi connectivity index (χ4n) is 1.68. The number of nitrogens with two attached hydrogens (primary N) is 1. The van der Waals surface area contributed by atoms with Gasteiger partial charge >= 0.3 is 0 Å². The predicted octanol–water partition coefficient (Wildman–Crippen LogP) is 0.655. The number of hydrogen-bond donors (Lipinski definition) is 2. The molecule has 3 N–H and O–H groups in total. The summed E-state index contributed by atoms with van der Waals surface area (Å²) in [5.41, 5.74) is 5.64. The van der Waals surface area contributed by atoms with Crippen molar-refractivity contribution in [2.75, 3.05) is 13.2 Å². The van der Waals surface area contributed by atoms with Crippen molar-refractivity contribution in [2.24, 2.45) is 11.1 Å². The maximum absolute atomic E-state index is 11.8. The largest absolute Gasteiger partial charge is 0.368 e. The number of carbonyl (C=O) groups excluding carboxylic acids is 1. The zero-order valence-corrected chi connectivity index (χ0v) is 9.88. The van der Waals surface area contributed by atoms with E-state index in [0.717, 1.165) is 12.8 Å². The summed E-state index contributed by atoms with van der Waals surface area (Å²) < 4.78 is 5.32. The number of hydrogen-bond acceptors (Lipinski definition) is 3. The van der Waals surface area contributed by atoms with Crippen molar-refractivity contribution >= 4 is 5.91 Å². The standard InChI is InChI=1S/C11H22N2O2/c1-11(2,3)9(7-12)13-10(14)8-5-4-6-15-8/h8-9H,4-7,12H2,1-3H3,(H,13,14)/t8-,9?/m0/s1. The van der Waals surface area contributed by atoms with E-state index in [1.807, 2.05) is 0 Å². The maximum atomic E-state index is 11.8. The van der Waals surface area contributed by atoms with Gasteiger partial charge in [-0.2, -0.15) is 0 Å². The van der Waals surface area contributed by atoms with Crippen molar-refractivity contribution in [3.8, 4) is 0 Å². The molecule has 0 aromatic rings. The Balaban J connectivity index is 2.47. The minimum atomic E-state index is -0.263. The number of carbonyl (C=O) groups is 1. The first kappa shape index (κ1) is 12.5. The third-order valence-corrected chi connectivity index (χ3v) is 2.82.